The molecular weight excluding hydrogens is 245 g/mol. The van der Waals surface area contributed by atoms with Gasteiger partial charge in [0.25, 0.3) is 5.91 Å². The molecule has 0 spiro atoms. The van der Waals surface area contributed by atoms with E-state index in [1.165, 1.54) is 12.1 Å². The molecule has 4 nitrogen and oxygen atoms in total. The number of carbonyl (C=O) groups excluding carboxylic acids is 1. The topological polar surface area (TPSA) is 68.0 Å². The Hall–Kier alpha value is -2.43. The standard InChI is InChI=1S/C14H14FN3O/c1-9-3-2-4-11(18-9)8-17-14(19)12-6-5-10(15)7-13(12)16/h2-7H,8,16H2,1H3,(H,17,19). The Labute approximate surface area is 110 Å². The Bertz CT molecular complexity index is 613. The number of amides is 1. The van der Waals surface area contributed by atoms with Gasteiger partial charge in [-0.25, -0.2) is 4.39 Å². The molecule has 2 rings (SSSR count). The highest BCUT2D eigenvalue weighted by Crippen LogP contribution is 2.13. The Morgan fingerprint density at radius 1 is 1.37 bits per heavy atom. The number of rotatable bonds is 3. The summed E-state index contributed by atoms with van der Waals surface area (Å²) in [6, 6.07) is 9.26. The van der Waals surface area contributed by atoms with E-state index in [0.29, 0.717) is 6.54 Å². The maximum atomic E-state index is 12.9. The van der Waals surface area contributed by atoms with Gasteiger partial charge in [-0.3, -0.25) is 9.78 Å². The molecule has 5 heteroatoms. The third-order valence-corrected chi connectivity index (χ3v) is 2.63. The zero-order valence-corrected chi connectivity index (χ0v) is 10.5. The average molecular weight is 259 g/mol. The molecule has 0 bridgehead atoms. The number of hydrogen-bond donors (Lipinski definition) is 2. The van der Waals surface area contributed by atoms with E-state index < -0.39 is 5.82 Å². The first-order valence-corrected chi connectivity index (χ1v) is 5.82. The van der Waals surface area contributed by atoms with E-state index >= 15 is 0 Å². The number of anilines is 1. The van der Waals surface area contributed by atoms with Gasteiger partial charge in [0.15, 0.2) is 0 Å². The number of pyridine rings is 1. The number of aryl methyl sites for hydroxylation is 1. The van der Waals surface area contributed by atoms with Gasteiger partial charge in [-0.15, -0.1) is 0 Å². The molecule has 1 aromatic carbocycles. The van der Waals surface area contributed by atoms with Crippen LogP contribution in [0.5, 0.6) is 0 Å². The van der Waals surface area contributed by atoms with Crippen molar-refractivity contribution in [3.8, 4) is 0 Å². The van der Waals surface area contributed by atoms with Gasteiger partial charge in [-0.2, -0.15) is 0 Å². The van der Waals surface area contributed by atoms with E-state index in [-0.39, 0.29) is 17.2 Å². The van der Waals surface area contributed by atoms with Crippen molar-refractivity contribution >= 4 is 11.6 Å². The Morgan fingerprint density at radius 3 is 2.84 bits per heavy atom. The van der Waals surface area contributed by atoms with Crippen molar-refractivity contribution in [3.05, 3.63) is 59.2 Å². The van der Waals surface area contributed by atoms with Crippen molar-refractivity contribution in [1.29, 1.82) is 0 Å². The second kappa shape index (κ2) is 5.48. The first kappa shape index (κ1) is 13.0. The van der Waals surface area contributed by atoms with Crippen molar-refractivity contribution in [2.24, 2.45) is 0 Å². The maximum absolute atomic E-state index is 12.9. The highest BCUT2D eigenvalue weighted by molar-refractivity contribution is 5.99. The highest BCUT2D eigenvalue weighted by atomic mass is 19.1. The Kier molecular flexibility index (Phi) is 3.75. The minimum atomic E-state index is -0.464. The number of aromatic nitrogens is 1. The summed E-state index contributed by atoms with van der Waals surface area (Å²) in [5.74, 6) is -0.810. The summed E-state index contributed by atoms with van der Waals surface area (Å²) in [4.78, 5) is 16.2. The van der Waals surface area contributed by atoms with Crippen molar-refractivity contribution in [1.82, 2.24) is 10.3 Å². The van der Waals surface area contributed by atoms with Crippen molar-refractivity contribution < 1.29 is 9.18 Å². The van der Waals surface area contributed by atoms with Gasteiger partial charge in [0.1, 0.15) is 5.82 Å². The molecule has 2 aromatic rings. The van der Waals surface area contributed by atoms with Crippen LogP contribution < -0.4 is 11.1 Å². The van der Waals surface area contributed by atoms with Crippen LogP contribution in [0.3, 0.4) is 0 Å². The fraction of sp³-hybridized carbons (Fsp3) is 0.143. The van der Waals surface area contributed by atoms with Gasteiger partial charge in [-0.05, 0) is 37.3 Å². The molecule has 1 amide bonds. The third kappa shape index (κ3) is 3.28. The summed E-state index contributed by atoms with van der Waals surface area (Å²) in [5, 5.41) is 2.70. The van der Waals surface area contributed by atoms with Crippen molar-refractivity contribution in [2.45, 2.75) is 13.5 Å². The van der Waals surface area contributed by atoms with E-state index in [0.717, 1.165) is 17.5 Å². The number of benzene rings is 1. The van der Waals surface area contributed by atoms with E-state index in [2.05, 4.69) is 10.3 Å². The minimum Gasteiger partial charge on any atom is -0.398 e. The summed E-state index contributed by atoms with van der Waals surface area (Å²) in [6.45, 7) is 2.18. The van der Waals surface area contributed by atoms with Crippen LogP contribution in [0.25, 0.3) is 0 Å². The van der Waals surface area contributed by atoms with Gasteiger partial charge < -0.3 is 11.1 Å². The quantitative estimate of drug-likeness (QED) is 0.829. The molecular formula is C14H14FN3O. The average Bonchev–Trinajstić information content (AvgIpc) is 2.36. The van der Waals surface area contributed by atoms with Crippen molar-refractivity contribution in [3.63, 3.8) is 0 Å². The molecule has 3 N–H and O–H groups in total. The Balaban J connectivity index is 2.05. The first-order chi connectivity index (χ1) is 9.06. The molecule has 0 fully saturated rings. The summed E-state index contributed by atoms with van der Waals surface area (Å²) in [6.07, 6.45) is 0. The van der Waals surface area contributed by atoms with E-state index in [4.69, 9.17) is 5.73 Å². The lowest BCUT2D eigenvalue weighted by Gasteiger charge is -2.07. The monoisotopic (exact) mass is 259 g/mol. The molecule has 0 unspecified atom stereocenters. The minimum absolute atomic E-state index is 0.120. The van der Waals surface area contributed by atoms with Crippen LogP contribution >= 0.6 is 0 Å². The van der Waals surface area contributed by atoms with Gasteiger partial charge >= 0.3 is 0 Å². The van der Waals surface area contributed by atoms with Gasteiger partial charge in [0.2, 0.25) is 0 Å². The highest BCUT2D eigenvalue weighted by Gasteiger charge is 2.10. The van der Waals surface area contributed by atoms with Gasteiger partial charge in [-0.1, -0.05) is 6.07 Å². The lowest BCUT2D eigenvalue weighted by atomic mass is 10.1. The molecule has 98 valence electrons. The van der Waals surface area contributed by atoms with Gasteiger partial charge in [0.05, 0.1) is 17.8 Å². The molecule has 0 aliphatic rings. The van der Waals surface area contributed by atoms with Crippen LogP contribution in [-0.2, 0) is 6.54 Å². The number of halogens is 1. The molecule has 0 saturated carbocycles. The SMILES string of the molecule is Cc1cccc(CNC(=O)c2ccc(F)cc2N)n1. The van der Waals surface area contributed by atoms with Crippen LogP contribution in [0.15, 0.2) is 36.4 Å². The molecule has 0 radical (unpaired) electrons. The first-order valence-electron chi connectivity index (χ1n) is 5.82. The van der Waals surface area contributed by atoms with Crippen LogP contribution in [0.2, 0.25) is 0 Å². The van der Waals surface area contributed by atoms with Gasteiger partial charge in [0, 0.05) is 11.4 Å². The second-order valence-corrected chi connectivity index (χ2v) is 4.18. The maximum Gasteiger partial charge on any atom is 0.253 e. The van der Waals surface area contributed by atoms with Crippen LogP contribution in [0.4, 0.5) is 10.1 Å². The summed E-state index contributed by atoms with van der Waals surface area (Å²) in [7, 11) is 0. The van der Waals surface area contributed by atoms with Crippen LogP contribution in [0.1, 0.15) is 21.7 Å². The predicted octanol–water partition coefficient (Wildman–Crippen LogP) is 2.04. The lowest BCUT2D eigenvalue weighted by Crippen LogP contribution is -2.24. The smallest absolute Gasteiger partial charge is 0.253 e. The third-order valence-electron chi connectivity index (χ3n) is 2.63. The number of hydrogen-bond acceptors (Lipinski definition) is 3. The van der Waals surface area contributed by atoms with Crippen LogP contribution in [-0.4, -0.2) is 10.9 Å². The molecule has 0 aliphatic heterocycles. The molecule has 0 atom stereocenters. The molecule has 0 aliphatic carbocycles. The molecule has 0 saturated heterocycles. The number of nitrogens with one attached hydrogen (secondary N) is 1. The fourth-order valence-electron chi connectivity index (χ4n) is 1.70. The summed E-state index contributed by atoms with van der Waals surface area (Å²) in [5.41, 5.74) is 7.62. The summed E-state index contributed by atoms with van der Waals surface area (Å²) < 4.78 is 12.9. The predicted molar refractivity (Wildman–Crippen MR) is 71.0 cm³/mol. The van der Waals surface area contributed by atoms with Crippen molar-refractivity contribution in [2.75, 3.05) is 5.73 Å². The largest absolute Gasteiger partial charge is 0.398 e. The number of carbonyl (C=O) groups is 1. The zero-order chi connectivity index (χ0) is 13.8. The fourth-order valence-corrected chi connectivity index (χ4v) is 1.70. The van der Waals surface area contributed by atoms with E-state index in [1.807, 2.05) is 25.1 Å². The second-order valence-electron chi connectivity index (χ2n) is 4.18. The lowest BCUT2D eigenvalue weighted by molar-refractivity contribution is 0.0951. The molecule has 1 aromatic heterocycles. The number of nitrogens with zero attached hydrogens (tertiary/aromatic N) is 1. The molecule has 1 heterocycles. The van der Waals surface area contributed by atoms with Crippen LogP contribution in [0, 0.1) is 12.7 Å². The zero-order valence-electron chi connectivity index (χ0n) is 10.5. The van der Waals surface area contributed by atoms with E-state index in [1.54, 1.807) is 0 Å². The van der Waals surface area contributed by atoms with E-state index in [9.17, 15) is 9.18 Å². The summed E-state index contributed by atoms with van der Waals surface area (Å²) >= 11 is 0. The molecule has 19 heavy (non-hydrogen) atoms. The number of nitrogens with two attached hydrogens (primary N) is 1. The normalized spacial score (nSPS) is 10.2. The number of nitrogen functional groups attached to an aromatic ring is 1. The Morgan fingerprint density at radius 2 is 2.16 bits per heavy atom.